The van der Waals surface area contributed by atoms with E-state index in [1.54, 1.807) is 11.3 Å². The van der Waals surface area contributed by atoms with Gasteiger partial charge in [-0.1, -0.05) is 23.8 Å². The van der Waals surface area contributed by atoms with Crippen molar-refractivity contribution in [1.29, 1.82) is 0 Å². The molecule has 3 heteroatoms. The van der Waals surface area contributed by atoms with Crippen molar-refractivity contribution in [2.45, 2.75) is 39.7 Å². The molecule has 2 aromatic rings. The third-order valence-electron chi connectivity index (χ3n) is 2.80. The lowest BCUT2D eigenvalue weighted by Gasteiger charge is -2.16. The number of nitrogens with zero attached hydrogens (tertiary/aromatic N) is 1. The maximum absolute atomic E-state index is 6.03. The molecule has 2 rings (SSSR count). The molecule has 0 fully saturated rings. The van der Waals surface area contributed by atoms with Gasteiger partial charge >= 0.3 is 0 Å². The fraction of sp³-hybridized carbons (Fsp3) is 0.400. The lowest BCUT2D eigenvalue weighted by Crippen LogP contribution is -2.34. The Bertz CT molecular complexity index is 550. The molecule has 2 N–H and O–H groups in total. The van der Waals surface area contributed by atoms with Crippen LogP contribution < -0.4 is 5.73 Å². The molecule has 0 saturated heterocycles. The molecule has 1 aromatic heterocycles. The van der Waals surface area contributed by atoms with E-state index in [0.717, 1.165) is 17.1 Å². The van der Waals surface area contributed by atoms with Gasteiger partial charge in [-0.05, 0) is 33.3 Å². The lowest BCUT2D eigenvalue weighted by molar-refractivity contribution is 0.511. The zero-order chi connectivity index (χ0) is 13.3. The quantitative estimate of drug-likeness (QED) is 0.913. The number of nitrogens with two attached hydrogens (primary N) is 1. The minimum absolute atomic E-state index is 0.201. The van der Waals surface area contributed by atoms with Crippen LogP contribution in [0, 0.1) is 13.8 Å². The highest BCUT2D eigenvalue weighted by Crippen LogP contribution is 2.28. The van der Waals surface area contributed by atoms with Gasteiger partial charge in [0.1, 0.15) is 5.01 Å². The minimum atomic E-state index is -0.201. The molecule has 96 valence electrons. The van der Waals surface area contributed by atoms with Crippen LogP contribution in [0.25, 0.3) is 10.6 Å². The van der Waals surface area contributed by atoms with E-state index in [-0.39, 0.29) is 5.54 Å². The molecule has 0 radical (unpaired) electrons. The predicted molar refractivity (Wildman–Crippen MR) is 79.0 cm³/mol. The second kappa shape index (κ2) is 4.82. The van der Waals surface area contributed by atoms with E-state index in [1.165, 1.54) is 16.7 Å². The second-order valence-corrected chi connectivity index (χ2v) is 6.49. The number of rotatable bonds is 3. The van der Waals surface area contributed by atoms with Crippen LogP contribution in [0.5, 0.6) is 0 Å². The molecule has 1 heterocycles. The first-order valence-corrected chi connectivity index (χ1v) is 7.04. The lowest BCUT2D eigenvalue weighted by atomic mass is 10.0. The molecule has 2 nitrogen and oxygen atoms in total. The van der Waals surface area contributed by atoms with Gasteiger partial charge in [-0.2, -0.15) is 0 Å². The van der Waals surface area contributed by atoms with Crippen LogP contribution in [0.2, 0.25) is 0 Å². The van der Waals surface area contributed by atoms with Gasteiger partial charge in [-0.15, -0.1) is 11.3 Å². The van der Waals surface area contributed by atoms with Gasteiger partial charge in [-0.3, -0.25) is 0 Å². The van der Waals surface area contributed by atoms with E-state index < -0.39 is 0 Å². The minimum Gasteiger partial charge on any atom is -0.325 e. The normalized spacial score (nSPS) is 11.8. The standard InChI is InChI=1S/C15H20N2S/c1-10-5-6-13(11(2)7-10)14-17-12(9-18-14)8-15(3,4)16/h5-7,9H,8,16H2,1-4H3. The largest absolute Gasteiger partial charge is 0.325 e. The van der Waals surface area contributed by atoms with Gasteiger partial charge in [0, 0.05) is 22.9 Å². The fourth-order valence-electron chi connectivity index (χ4n) is 2.03. The van der Waals surface area contributed by atoms with Crippen molar-refractivity contribution in [3.63, 3.8) is 0 Å². The third-order valence-corrected chi connectivity index (χ3v) is 3.73. The maximum atomic E-state index is 6.03. The molecule has 0 atom stereocenters. The van der Waals surface area contributed by atoms with E-state index >= 15 is 0 Å². The first kappa shape index (κ1) is 13.2. The summed E-state index contributed by atoms with van der Waals surface area (Å²) in [5.41, 5.74) is 10.7. The molecular formula is C15H20N2S. The SMILES string of the molecule is Cc1ccc(-c2nc(CC(C)(C)N)cs2)c(C)c1. The highest BCUT2D eigenvalue weighted by atomic mass is 32.1. The van der Waals surface area contributed by atoms with Gasteiger partial charge < -0.3 is 5.73 Å². The molecule has 0 aliphatic rings. The van der Waals surface area contributed by atoms with Crippen LogP contribution >= 0.6 is 11.3 Å². The summed E-state index contributed by atoms with van der Waals surface area (Å²) in [5, 5.41) is 3.20. The summed E-state index contributed by atoms with van der Waals surface area (Å²) >= 11 is 1.70. The van der Waals surface area contributed by atoms with Crippen molar-refractivity contribution < 1.29 is 0 Å². The molecule has 0 aliphatic carbocycles. The predicted octanol–water partition coefficient (Wildman–Crippen LogP) is 3.71. The summed E-state index contributed by atoms with van der Waals surface area (Å²) in [6.07, 6.45) is 0.814. The Kier molecular flexibility index (Phi) is 3.55. The van der Waals surface area contributed by atoms with Crippen LogP contribution in [-0.4, -0.2) is 10.5 Å². The van der Waals surface area contributed by atoms with Gasteiger partial charge in [0.25, 0.3) is 0 Å². The van der Waals surface area contributed by atoms with Crippen LogP contribution in [-0.2, 0) is 6.42 Å². The Morgan fingerprint density at radius 3 is 2.61 bits per heavy atom. The van der Waals surface area contributed by atoms with Crippen LogP contribution in [0.3, 0.4) is 0 Å². The fourth-order valence-corrected chi connectivity index (χ4v) is 2.94. The summed E-state index contributed by atoms with van der Waals surface area (Å²) < 4.78 is 0. The molecule has 0 saturated carbocycles. The Morgan fingerprint density at radius 2 is 2.00 bits per heavy atom. The highest BCUT2D eigenvalue weighted by molar-refractivity contribution is 7.13. The van der Waals surface area contributed by atoms with E-state index in [0.29, 0.717) is 0 Å². The first-order valence-electron chi connectivity index (χ1n) is 6.16. The van der Waals surface area contributed by atoms with Gasteiger partial charge in [-0.25, -0.2) is 4.98 Å². The highest BCUT2D eigenvalue weighted by Gasteiger charge is 2.15. The smallest absolute Gasteiger partial charge is 0.123 e. The van der Waals surface area contributed by atoms with Crippen LogP contribution in [0.15, 0.2) is 23.6 Å². The van der Waals surface area contributed by atoms with Gasteiger partial charge in [0.05, 0.1) is 5.69 Å². The van der Waals surface area contributed by atoms with Crippen molar-refractivity contribution in [3.8, 4) is 10.6 Å². The summed E-state index contributed by atoms with van der Waals surface area (Å²) in [6.45, 7) is 8.31. The Morgan fingerprint density at radius 1 is 1.28 bits per heavy atom. The summed E-state index contributed by atoms with van der Waals surface area (Å²) in [4.78, 5) is 4.69. The zero-order valence-electron chi connectivity index (χ0n) is 11.4. The third kappa shape index (κ3) is 3.18. The number of thiazole rings is 1. The van der Waals surface area contributed by atoms with Gasteiger partial charge in [0.2, 0.25) is 0 Å². The Hall–Kier alpha value is -1.19. The van der Waals surface area contributed by atoms with Crippen molar-refractivity contribution in [2.24, 2.45) is 5.73 Å². The molecule has 0 amide bonds. The first-order chi connectivity index (χ1) is 8.35. The summed E-state index contributed by atoms with van der Waals surface area (Å²) in [6, 6.07) is 6.49. The van der Waals surface area contributed by atoms with Crippen molar-refractivity contribution >= 4 is 11.3 Å². The second-order valence-electron chi connectivity index (χ2n) is 5.63. The van der Waals surface area contributed by atoms with E-state index in [2.05, 4.69) is 37.4 Å². The van der Waals surface area contributed by atoms with Crippen molar-refractivity contribution in [3.05, 3.63) is 40.4 Å². The number of aromatic nitrogens is 1. The molecule has 1 aromatic carbocycles. The zero-order valence-corrected chi connectivity index (χ0v) is 12.3. The topological polar surface area (TPSA) is 38.9 Å². The van der Waals surface area contributed by atoms with Crippen LogP contribution in [0.4, 0.5) is 0 Å². The summed E-state index contributed by atoms with van der Waals surface area (Å²) in [5.74, 6) is 0. The number of aryl methyl sites for hydroxylation is 2. The number of hydrogen-bond acceptors (Lipinski definition) is 3. The average Bonchev–Trinajstić information content (AvgIpc) is 2.63. The molecular weight excluding hydrogens is 240 g/mol. The Balaban J connectivity index is 2.29. The summed E-state index contributed by atoms with van der Waals surface area (Å²) in [7, 11) is 0. The Labute approximate surface area is 113 Å². The van der Waals surface area contributed by atoms with Crippen molar-refractivity contribution in [2.75, 3.05) is 0 Å². The molecule has 0 unspecified atom stereocenters. The monoisotopic (exact) mass is 260 g/mol. The average molecular weight is 260 g/mol. The molecule has 0 bridgehead atoms. The van der Waals surface area contributed by atoms with E-state index in [4.69, 9.17) is 10.7 Å². The van der Waals surface area contributed by atoms with Crippen molar-refractivity contribution in [1.82, 2.24) is 4.98 Å². The molecule has 0 aliphatic heterocycles. The van der Waals surface area contributed by atoms with E-state index in [1.807, 2.05) is 13.8 Å². The van der Waals surface area contributed by atoms with Gasteiger partial charge in [0.15, 0.2) is 0 Å². The number of hydrogen-bond donors (Lipinski definition) is 1. The molecule has 0 spiro atoms. The maximum Gasteiger partial charge on any atom is 0.123 e. The number of benzene rings is 1. The van der Waals surface area contributed by atoms with E-state index in [9.17, 15) is 0 Å². The van der Waals surface area contributed by atoms with Crippen LogP contribution in [0.1, 0.15) is 30.7 Å². The molecule has 18 heavy (non-hydrogen) atoms.